The van der Waals surface area contributed by atoms with Gasteiger partial charge in [-0.15, -0.1) is 0 Å². The Bertz CT molecular complexity index is 405. The minimum atomic E-state index is 0.169. The highest BCUT2D eigenvalue weighted by Crippen LogP contribution is 2.28. The monoisotopic (exact) mass is 249 g/mol. The molecule has 0 bridgehead atoms. The number of hydrogen-bond acceptors (Lipinski definition) is 4. The SMILES string of the molecule is CCOc1cccnc1NCCNC(=O)C1CC1. The molecule has 0 spiro atoms. The third-order valence-corrected chi connectivity index (χ3v) is 2.74. The fourth-order valence-corrected chi connectivity index (χ4v) is 1.65. The Morgan fingerprint density at radius 2 is 2.33 bits per heavy atom. The van der Waals surface area contributed by atoms with Crippen molar-refractivity contribution in [1.29, 1.82) is 0 Å². The van der Waals surface area contributed by atoms with Crippen LogP contribution in [0.4, 0.5) is 5.82 Å². The molecular weight excluding hydrogens is 230 g/mol. The summed E-state index contributed by atoms with van der Waals surface area (Å²) in [5.41, 5.74) is 0. The first-order chi connectivity index (χ1) is 8.81. The third-order valence-electron chi connectivity index (χ3n) is 2.74. The molecule has 0 saturated heterocycles. The van der Waals surface area contributed by atoms with Crippen LogP contribution in [0.5, 0.6) is 5.75 Å². The molecule has 1 aliphatic rings. The van der Waals surface area contributed by atoms with Crippen LogP contribution in [0.25, 0.3) is 0 Å². The van der Waals surface area contributed by atoms with E-state index in [-0.39, 0.29) is 11.8 Å². The molecule has 0 aromatic carbocycles. The summed E-state index contributed by atoms with van der Waals surface area (Å²) < 4.78 is 5.45. The van der Waals surface area contributed by atoms with Gasteiger partial charge < -0.3 is 15.4 Å². The number of rotatable bonds is 7. The first kappa shape index (κ1) is 12.7. The van der Waals surface area contributed by atoms with Crippen LogP contribution < -0.4 is 15.4 Å². The molecule has 18 heavy (non-hydrogen) atoms. The first-order valence-electron chi connectivity index (χ1n) is 6.40. The van der Waals surface area contributed by atoms with Crippen LogP contribution in [-0.4, -0.2) is 30.6 Å². The molecule has 1 aromatic rings. The number of hydrogen-bond donors (Lipinski definition) is 2. The zero-order chi connectivity index (χ0) is 12.8. The quantitative estimate of drug-likeness (QED) is 0.717. The lowest BCUT2D eigenvalue weighted by Crippen LogP contribution is -2.30. The van der Waals surface area contributed by atoms with Crippen LogP contribution in [-0.2, 0) is 4.79 Å². The van der Waals surface area contributed by atoms with Crippen molar-refractivity contribution in [3.63, 3.8) is 0 Å². The van der Waals surface area contributed by atoms with Crippen LogP contribution in [0.3, 0.4) is 0 Å². The van der Waals surface area contributed by atoms with Crippen molar-refractivity contribution in [2.24, 2.45) is 5.92 Å². The normalized spacial score (nSPS) is 14.1. The standard InChI is InChI=1S/C13H19N3O2/c1-2-18-11-4-3-7-14-12(11)15-8-9-16-13(17)10-5-6-10/h3-4,7,10H,2,5-6,8-9H2,1H3,(H,14,15)(H,16,17). The molecule has 5 heteroatoms. The van der Waals surface area contributed by atoms with Gasteiger partial charge in [0.15, 0.2) is 11.6 Å². The van der Waals surface area contributed by atoms with Gasteiger partial charge in [-0.2, -0.15) is 0 Å². The number of nitrogens with one attached hydrogen (secondary N) is 2. The third kappa shape index (κ3) is 3.61. The number of ether oxygens (including phenoxy) is 1. The molecule has 1 aromatic heterocycles. The molecular formula is C13H19N3O2. The van der Waals surface area contributed by atoms with Crippen molar-refractivity contribution in [1.82, 2.24) is 10.3 Å². The van der Waals surface area contributed by atoms with Gasteiger partial charge in [-0.05, 0) is 31.9 Å². The van der Waals surface area contributed by atoms with E-state index in [9.17, 15) is 4.79 Å². The van der Waals surface area contributed by atoms with Crippen molar-refractivity contribution < 1.29 is 9.53 Å². The smallest absolute Gasteiger partial charge is 0.223 e. The van der Waals surface area contributed by atoms with Crippen LogP contribution in [0, 0.1) is 5.92 Å². The highest BCUT2D eigenvalue weighted by Gasteiger charge is 2.28. The summed E-state index contributed by atoms with van der Waals surface area (Å²) >= 11 is 0. The highest BCUT2D eigenvalue weighted by molar-refractivity contribution is 5.80. The van der Waals surface area contributed by atoms with Crippen LogP contribution in [0.1, 0.15) is 19.8 Å². The Morgan fingerprint density at radius 1 is 1.50 bits per heavy atom. The zero-order valence-corrected chi connectivity index (χ0v) is 10.6. The molecule has 5 nitrogen and oxygen atoms in total. The fourth-order valence-electron chi connectivity index (χ4n) is 1.65. The second-order valence-electron chi connectivity index (χ2n) is 4.28. The number of anilines is 1. The van der Waals surface area contributed by atoms with E-state index < -0.39 is 0 Å². The van der Waals surface area contributed by atoms with E-state index in [1.807, 2.05) is 19.1 Å². The van der Waals surface area contributed by atoms with Crippen molar-refractivity contribution in [2.45, 2.75) is 19.8 Å². The van der Waals surface area contributed by atoms with Gasteiger partial charge in [-0.3, -0.25) is 4.79 Å². The molecule has 1 amide bonds. The fraction of sp³-hybridized carbons (Fsp3) is 0.538. The summed E-state index contributed by atoms with van der Waals surface area (Å²) in [7, 11) is 0. The molecule has 1 heterocycles. The molecule has 0 radical (unpaired) electrons. The minimum Gasteiger partial charge on any atom is -0.490 e. The van der Waals surface area contributed by atoms with Crippen LogP contribution in [0.15, 0.2) is 18.3 Å². The maximum atomic E-state index is 11.4. The molecule has 0 aliphatic heterocycles. The van der Waals surface area contributed by atoms with Crippen LogP contribution >= 0.6 is 0 Å². The van der Waals surface area contributed by atoms with Gasteiger partial charge in [0.25, 0.3) is 0 Å². The minimum absolute atomic E-state index is 0.169. The molecule has 0 unspecified atom stereocenters. The largest absolute Gasteiger partial charge is 0.490 e. The molecule has 0 atom stereocenters. The van der Waals surface area contributed by atoms with Gasteiger partial charge in [0.2, 0.25) is 5.91 Å². The summed E-state index contributed by atoms with van der Waals surface area (Å²) in [6.45, 7) is 3.80. The van der Waals surface area contributed by atoms with Gasteiger partial charge >= 0.3 is 0 Å². The van der Waals surface area contributed by atoms with Gasteiger partial charge in [0, 0.05) is 25.2 Å². The number of amides is 1. The number of aromatic nitrogens is 1. The topological polar surface area (TPSA) is 63.2 Å². The summed E-state index contributed by atoms with van der Waals surface area (Å²) in [6, 6.07) is 3.71. The Balaban J connectivity index is 1.73. The molecule has 1 saturated carbocycles. The Kier molecular flexibility index (Phi) is 4.39. The molecule has 1 aliphatic carbocycles. The van der Waals surface area contributed by atoms with Crippen molar-refractivity contribution in [3.05, 3.63) is 18.3 Å². The number of carbonyl (C=O) groups excluding carboxylic acids is 1. The van der Waals surface area contributed by atoms with Gasteiger partial charge in [0.1, 0.15) is 0 Å². The lowest BCUT2D eigenvalue weighted by atomic mass is 10.4. The number of pyridine rings is 1. The Morgan fingerprint density at radius 3 is 3.06 bits per heavy atom. The predicted molar refractivity (Wildman–Crippen MR) is 69.6 cm³/mol. The van der Waals surface area contributed by atoms with E-state index in [4.69, 9.17) is 4.74 Å². The van der Waals surface area contributed by atoms with E-state index in [1.54, 1.807) is 6.20 Å². The molecule has 98 valence electrons. The second-order valence-corrected chi connectivity index (χ2v) is 4.28. The molecule has 2 N–H and O–H groups in total. The second kappa shape index (κ2) is 6.23. The number of nitrogens with zero attached hydrogens (tertiary/aromatic N) is 1. The summed E-state index contributed by atoms with van der Waals surface area (Å²) in [5.74, 6) is 1.90. The molecule has 1 fully saturated rings. The van der Waals surface area contributed by atoms with E-state index >= 15 is 0 Å². The van der Waals surface area contributed by atoms with Gasteiger partial charge in [-0.1, -0.05) is 0 Å². The molecule has 2 rings (SSSR count). The maximum Gasteiger partial charge on any atom is 0.223 e. The predicted octanol–water partition coefficient (Wildman–Crippen LogP) is 1.42. The van der Waals surface area contributed by atoms with Crippen molar-refractivity contribution in [2.75, 3.05) is 25.0 Å². The van der Waals surface area contributed by atoms with Crippen molar-refractivity contribution >= 4 is 11.7 Å². The Labute approximate surface area is 107 Å². The average Bonchev–Trinajstić information content (AvgIpc) is 3.21. The van der Waals surface area contributed by atoms with Gasteiger partial charge in [-0.25, -0.2) is 4.98 Å². The highest BCUT2D eigenvalue weighted by atomic mass is 16.5. The summed E-state index contributed by atoms with van der Waals surface area (Å²) in [4.78, 5) is 15.6. The lowest BCUT2D eigenvalue weighted by molar-refractivity contribution is -0.122. The van der Waals surface area contributed by atoms with E-state index in [0.717, 1.165) is 24.4 Å². The van der Waals surface area contributed by atoms with Crippen molar-refractivity contribution in [3.8, 4) is 5.75 Å². The maximum absolute atomic E-state index is 11.4. The number of carbonyl (C=O) groups is 1. The summed E-state index contributed by atoms with van der Waals surface area (Å²) in [6.07, 6.45) is 3.79. The zero-order valence-electron chi connectivity index (χ0n) is 10.6. The van der Waals surface area contributed by atoms with E-state index in [2.05, 4.69) is 15.6 Å². The Hall–Kier alpha value is -1.78. The summed E-state index contributed by atoms with van der Waals surface area (Å²) in [5, 5.41) is 6.06. The van der Waals surface area contributed by atoms with E-state index in [0.29, 0.717) is 19.7 Å². The van der Waals surface area contributed by atoms with Gasteiger partial charge in [0.05, 0.1) is 6.61 Å². The first-order valence-corrected chi connectivity index (χ1v) is 6.40. The van der Waals surface area contributed by atoms with Crippen LogP contribution in [0.2, 0.25) is 0 Å². The average molecular weight is 249 g/mol. The lowest BCUT2D eigenvalue weighted by Gasteiger charge is -2.11. The van der Waals surface area contributed by atoms with E-state index in [1.165, 1.54) is 0 Å².